The monoisotopic (exact) mass is 491 g/mol. The molecular formula is C23H33N5O7. The van der Waals surface area contributed by atoms with E-state index in [4.69, 9.17) is 25.9 Å². The van der Waals surface area contributed by atoms with Gasteiger partial charge in [0.2, 0.25) is 12.2 Å². The number of carbonyl (C=O) groups is 5. The Bertz CT molecular complexity index is 899. The molecule has 0 spiro atoms. The van der Waals surface area contributed by atoms with Gasteiger partial charge < -0.3 is 26.4 Å². The fraction of sp³-hybridized carbons (Fsp3) is 0.478. The van der Waals surface area contributed by atoms with E-state index in [0.29, 0.717) is 23.2 Å². The van der Waals surface area contributed by atoms with Crippen molar-refractivity contribution in [3.63, 3.8) is 0 Å². The first-order valence-corrected chi connectivity index (χ1v) is 10.8. The Morgan fingerprint density at radius 2 is 1.77 bits per heavy atom. The number of rotatable bonds is 11. The summed E-state index contributed by atoms with van der Waals surface area (Å²) in [5.41, 5.74) is 14.0. The van der Waals surface area contributed by atoms with E-state index in [9.17, 15) is 19.2 Å². The van der Waals surface area contributed by atoms with Crippen LogP contribution in [0.25, 0.3) is 5.53 Å². The number of aldehydes is 1. The van der Waals surface area contributed by atoms with Gasteiger partial charge in [0, 0.05) is 0 Å². The van der Waals surface area contributed by atoms with Gasteiger partial charge in [-0.2, -0.15) is 4.79 Å². The Morgan fingerprint density at radius 1 is 1.17 bits per heavy atom. The maximum Gasteiger partial charge on any atom is 0.417 e. The van der Waals surface area contributed by atoms with Crippen LogP contribution in [-0.2, 0) is 30.5 Å². The lowest BCUT2D eigenvalue weighted by Gasteiger charge is -2.28. The van der Waals surface area contributed by atoms with Gasteiger partial charge in [-0.1, -0.05) is 58.0 Å². The molecule has 12 nitrogen and oxygen atoms in total. The lowest BCUT2D eigenvalue weighted by molar-refractivity contribution is -0.145. The Hall–Kier alpha value is -3.89. The average molecular weight is 492 g/mol. The van der Waals surface area contributed by atoms with Crippen molar-refractivity contribution in [2.24, 2.45) is 17.6 Å². The summed E-state index contributed by atoms with van der Waals surface area (Å²) in [6, 6.07) is 6.82. The van der Waals surface area contributed by atoms with Crippen molar-refractivity contribution in [1.82, 2.24) is 10.2 Å². The van der Waals surface area contributed by atoms with Crippen molar-refractivity contribution in [2.45, 2.75) is 52.8 Å². The number of hydrogen-bond acceptors (Lipinski definition) is 7. The van der Waals surface area contributed by atoms with E-state index in [0.717, 1.165) is 6.21 Å². The van der Waals surface area contributed by atoms with Gasteiger partial charge in [-0.05, 0) is 23.8 Å². The van der Waals surface area contributed by atoms with Crippen LogP contribution >= 0.6 is 0 Å². The molecule has 0 aromatic heterocycles. The molecule has 0 aliphatic carbocycles. The summed E-state index contributed by atoms with van der Waals surface area (Å²) in [7, 11) is 0. The van der Waals surface area contributed by atoms with Crippen LogP contribution in [0.1, 0.15) is 39.7 Å². The van der Waals surface area contributed by atoms with Gasteiger partial charge in [0.1, 0.15) is 19.2 Å². The molecule has 0 saturated heterocycles. The first-order valence-electron chi connectivity index (χ1n) is 10.8. The molecule has 35 heavy (non-hydrogen) atoms. The average Bonchev–Trinajstić information content (AvgIpc) is 2.79. The van der Waals surface area contributed by atoms with Crippen LogP contribution < -0.4 is 11.1 Å². The van der Waals surface area contributed by atoms with E-state index in [-0.39, 0.29) is 12.5 Å². The molecule has 0 aliphatic heterocycles. The van der Waals surface area contributed by atoms with Crippen LogP contribution in [0.4, 0.5) is 4.79 Å². The summed E-state index contributed by atoms with van der Waals surface area (Å²) in [6.07, 6.45) is 0.459. The number of hydrogen-bond donors (Lipinski definition) is 3. The van der Waals surface area contributed by atoms with E-state index >= 15 is 0 Å². The van der Waals surface area contributed by atoms with Crippen molar-refractivity contribution >= 4 is 36.4 Å². The van der Waals surface area contributed by atoms with Gasteiger partial charge in [0.05, 0.1) is 6.04 Å². The predicted octanol–water partition coefficient (Wildman–Crippen LogP) is 1.24. The molecule has 0 bridgehead atoms. The quantitative estimate of drug-likeness (QED) is 0.178. The Kier molecular flexibility index (Phi) is 14.8. The molecular weight excluding hydrogens is 458 g/mol. The van der Waals surface area contributed by atoms with E-state index in [1.165, 1.54) is 0 Å². The highest BCUT2D eigenvalue weighted by molar-refractivity contribution is 6.09. The molecule has 2 unspecified atom stereocenters. The summed E-state index contributed by atoms with van der Waals surface area (Å²) in [6.45, 7) is 6.16. The summed E-state index contributed by atoms with van der Waals surface area (Å²) in [5.74, 6) is -3.02. The summed E-state index contributed by atoms with van der Waals surface area (Å²) in [5, 5.41) is 11.7. The first-order chi connectivity index (χ1) is 16.4. The van der Waals surface area contributed by atoms with Crippen LogP contribution in [0.2, 0.25) is 0 Å². The van der Waals surface area contributed by atoms with Crippen molar-refractivity contribution in [2.75, 3.05) is 6.54 Å². The minimum atomic E-state index is -1.38. The van der Waals surface area contributed by atoms with Crippen LogP contribution in [-0.4, -0.2) is 69.8 Å². The molecule has 0 radical (unpaired) electrons. The van der Waals surface area contributed by atoms with Crippen LogP contribution in [0, 0.1) is 11.8 Å². The Balaban J connectivity index is 0.00000209. The topological polar surface area (TPSA) is 192 Å². The second-order valence-corrected chi connectivity index (χ2v) is 8.23. The van der Waals surface area contributed by atoms with Gasteiger partial charge >= 0.3 is 18.3 Å². The van der Waals surface area contributed by atoms with E-state index < -0.39 is 48.4 Å². The summed E-state index contributed by atoms with van der Waals surface area (Å²) < 4.78 is 5.11. The number of nitrogens with two attached hydrogens (primary N) is 1. The van der Waals surface area contributed by atoms with E-state index in [1.807, 2.05) is 13.8 Å². The zero-order valence-electron chi connectivity index (χ0n) is 20.3. The van der Waals surface area contributed by atoms with Gasteiger partial charge in [0.25, 0.3) is 5.91 Å². The Morgan fingerprint density at radius 3 is 2.20 bits per heavy atom. The lowest BCUT2D eigenvalue weighted by Crippen LogP contribution is -2.56. The molecule has 12 heteroatoms. The Labute approximate surface area is 204 Å². The number of benzene rings is 1. The minimum Gasteiger partial charge on any atom is -0.480 e. The molecule has 0 fully saturated rings. The second-order valence-electron chi connectivity index (χ2n) is 8.23. The van der Waals surface area contributed by atoms with Crippen LogP contribution in [0.3, 0.4) is 0 Å². The molecule has 0 aliphatic rings. The highest BCUT2D eigenvalue weighted by atomic mass is 16.6. The number of nitrogens with one attached hydrogen (secondary N) is 1. The largest absolute Gasteiger partial charge is 0.480 e. The molecule has 192 valence electrons. The normalized spacial score (nSPS) is 11.7. The van der Waals surface area contributed by atoms with Crippen molar-refractivity contribution in [1.29, 1.82) is 0 Å². The number of carboxylic acid groups (broad SMARTS) is 1. The molecule has 1 aromatic carbocycles. The van der Waals surface area contributed by atoms with Gasteiger partial charge in [-0.15, -0.1) is 0 Å². The molecule has 2 atom stereocenters. The highest BCUT2D eigenvalue weighted by Gasteiger charge is 2.35. The zero-order chi connectivity index (χ0) is 27.0. The van der Waals surface area contributed by atoms with E-state index in [2.05, 4.69) is 10.1 Å². The molecule has 1 rings (SSSR count). The third kappa shape index (κ3) is 12.8. The standard InChI is InChI=1S/C21H31N3O6.C2H2N2O/c1-13(2)10-16(22)19(27)23-18(14(3)4)20(28)24(11-17(25)26)21(29)30-12-15-8-6-5-7-9-15;3-4-1-2-5/h5-9,13-14,16,18H,10-12,22H2,1-4H3,(H,23,27)(H,25,26);1-2H. The fourth-order valence-electron chi connectivity index (χ4n) is 2.75. The second kappa shape index (κ2) is 16.7. The molecule has 3 amide bonds. The SMILES string of the molecule is CC(C)CC(N)C(=O)NC(C(=O)N(CC(=O)O)C(=O)OCc1ccccc1)C(C)C.[N-]=[N+]=CC=O. The molecule has 1 aromatic rings. The van der Waals surface area contributed by atoms with Gasteiger partial charge in [-0.3, -0.25) is 19.2 Å². The van der Waals surface area contributed by atoms with Crippen molar-refractivity contribution in [3.8, 4) is 0 Å². The lowest BCUT2D eigenvalue weighted by atomic mass is 10.00. The number of aliphatic carboxylic acids is 1. The predicted molar refractivity (Wildman–Crippen MR) is 126 cm³/mol. The maximum absolute atomic E-state index is 13.0. The number of ether oxygens (including phenoxy) is 1. The summed E-state index contributed by atoms with van der Waals surface area (Å²) >= 11 is 0. The van der Waals surface area contributed by atoms with Crippen molar-refractivity contribution in [3.05, 3.63) is 41.4 Å². The minimum absolute atomic E-state index is 0.124. The molecule has 0 heterocycles. The highest BCUT2D eigenvalue weighted by Crippen LogP contribution is 2.11. The van der Waals surface area contributed by atoms with Gasteiger partial charge in [-0.25, -0.2) is 9.69 Å². The number of carboxylic acids is 1. The number of amides is 3. The molecule has 4 N–H and O–H groups in total. The molecule has 0 saturated carbocycles. The number of carbonyl (C=O) groups excluding carboxylic acids is 4. The van der Waals surface area contributed by atoms with Crippen LogP contribution in [0.15, 0.2) is 30.3 Å². The van der Waals surface area contributed by atoms with E-state index in [1.54, 1.807) is 44.2 Å². The fourth-order valence-corrected chi connectivity index (χ4v) is 2.75. The zero-order valence-corrected chi connectivity index (χ0v) is 20.3. The van der Waals surface area contributed by atoms with Crippen LogP contribution in [0.5, 0.6) is 0 Å². The summed E-state index contributed by atoms with van der Waals surface area (Å²) in [4.78, 5) is 61.0. The maximum atomic E-state index is 13.0. The smallest absolute Gasteiger partial charge is 0.417 e. The third-order valence-electron chi connectivity index (χ3n) is 4.41. The van der Waals surface area contributed by atoms with Gasteiger partial charge in [0.15, 0.2) is 0 Å². The third-order valence-corrected chi connectivity index (χ3v) is 4.41. The number of nitrogens with zero attached hydrogens (tertiary/aromatic N) is 3. The first kappa shape index (κ1) is 31.1. The number of imide groups is 1. The van der Waals surface area contributed by atoms with Crippen molar-refractivity contribution < 1.29 is 38.6 Å².